The Morgan fingerprint density at radius 3 is 2.60 bits per heavy atom. The SMILES string of the molecule is c1cnc(CNCc2cccnc2)nc1. The van der Waals surface area contributed by atoms with E-state index in [9.17, 15) is 0 Å². The molecular formula is C11H12N4. The summed E-state index contributed by atoms with van der Waals surface area (Å²) in [6.07, 6.45) is 7.10. The molecule has 15 heavy (non-hydrogen) atoms. The highest BCUT2D eigenvalue weighted by molar-refractivity contribution is 5.07. The van der Waals surface area contributed by atoms with Crippen LogP contribution in [-0.2, 0) is 13.1 Å². The molecule has 2 rings (SSSR count). The van der Waals surface area contributed by atoms with Gasteiger partial charge in [-0.25, -0.2) is 9.97 Å². The zero-order valence-electron chi connectivity index (χ0n) is 8.30. The highest BCUT2D eigenvalue weighted by atomic mass is 14.9. The highest BCUT2D eigenvalue weighted by Crippen LogP contribution is 1.95. The molecule has 0 atom stereocenters. The van der Waals surface area contributed by atoms with Crippen LogP contribution in [0.25, 0.3) is 0 Å². The fourth-order valence-corrected chi connectivity index (χ4v) is 1.24. The number of hydrogen-bond acceptors (Lipinski definition) is 4. The minimum Gasteiger partial charge on any atom is -0.306 e. The molecule has 0 radical (unpaired) electrons. The second-order valence-corrected chi connectivity index (χ2v) is 3.13. The molecule has 2 heterocycles. The lowest BCUT2D eigenvalue weighted by Gasteiger charge is -2.02. The molecule has 0 aliphatic rings. The topological polar surface area (TPSA) is 50.7 Å². The Bertz CT molecular complexity index is 348. The average Bonchev–Trinajstić information content (AvgIpc) is 2.32. The number of pyridine rings is 1. The van der Waals surface area contributed by atoms with Crippen molar-refractivity contribution >= 4 is 0 Å². The van der Waals surface area contributed by atoms with Crippen molar-refractivity contribution in [3.05, 3.63) is 54.4 Å². The van der Waals surface area contributed by atoms with Crippen LogP contribution < -0.4 is 5.32 Å². The van der Waals surface area contributed by atoms with Gasteiger partial charge in [0.25, 0.3) is 0 Å². The van der Waals surface area contributed by atoms with Crippen LogP contribution in [0, 0.1) is 0 Å². The molecule has 0 saturated carbocycles. The molecule has 0 spiro atoms. The van der Waals surface area contributed by atoms with E-state index in [1.807, 2.05) is 24.4 Å². The largest absolute Gasteiger partial charge is 0.306 e. The standard InChI is InChI=1S/C11H12N4/c1-3-10(7-12-4-1)8-13-9-11-14-5-2-6-15-11/h1-7,13H,8-9H2. The zero-order valence-corrected chi connectivity index (χ0v) is 8.30. The van der Waals surface area contributed by atoms with Gasteiger partial charge >= 0.3 is 0 Å². The van der Waals surface area contributed by atoms with E-state index < -0.39 is 0 Å². The summed E-state index contributed by atoms with van der Waals surface area (Å²) in [5.74, 6) is 0.807. The van der Waals surface area contributed by atoms with Crippen LogP contribution in [0.1, 0.15) is 11.4 Å². The molecular weight excluding hydrogens is 188 g/mol. The van der Waals surface area contributed by atoms with E-state index in [2.05, 4.69) is 20.3 Å². The molecule has 2 aromatic rings. The van der Waals surface area contributed by atoms with Gasteiger partial charge in [-0.15, -0.1) is 0 Å². The number of rotatable bonds is 4. The molecule has 1 N–H and O–H groups in total. The molecule has 0 aliphatic heterocycles. The quantitative estimate of drug-likeness (QED) is 0.804. The minimum atomic E-state index is 0.676. The molecule has 76 valence electrons. The van der Waals surface area contributed by atoms with Crippen LogP contribution in [-0.4, -0.2) is 15.0 Å². The van der Waals surface area contributed by atoms with Gasteiger partial charge in [0.1, 0.15) is 5.82 Å². The van der Waals surface area contributed by atoms with Crippen LogP contribution >= 0.6 is 0 Å². The first kappa shape index (κ1) is 9.73. The zero-order chi connectivity index (χ0) is 10.3. The van der Waals surface area contributed by atoms with Crippen molar-refractivity contribution in [2.45, 2.75) is 13.1 Å². The molecule has 4 nitrogen and oxygen atoms in total. The Kier molecular flexibility index (Phi) is 3.35. The number of nitrogens with one attached hydrogen (secondary N) is 1. The summed E-state index contributed by atoms with van der Waals surface area (Å²) in [5.41, 5.74) is 1.16. The van der Waals surface area contributed by atoms with E-state index in [0.29, 0.717) is 6.54 Å². The second kappa shape index (κ2) is 5.17. The van der Waals surface area contributed by atoms with Gasteiger partial charge in [0.2, 0.25) is 0 Å². The van der Waals surface area contributed by atoms with Crippen molar-refractivity contribution < 1.29 is 0 Å². The highest BCUT2D eigenvalue weighted by Gasteiger charge is 1.94. The third-order valence-electron chi connectivity index (χ3n) is 1.95. The Hall–Kier alpha value is -1.81. The van der Waals surface area contributed by atoms with E-state index in [4.69, 9.17) is 0 Å². The number of hydrogen-bond donors (Lipinski definition) is 1. The number of nitrogens with zero attached hydrogens (tertiary/aromatic N) is 3. The van der Waals surface area contributed by atoms with Gasteiger partial charge in [-0.1, -0.05) is 6.07 Å². The van der Waals surface area contributed by atoms with Gasteiger partial charge in [-0.05, 0) is 17.7 Å². The first-order valence-electron chi connectivity index (χ1n) is 4.80. The van der Waals surface area contributed by atoms with Gasteiger partial charge in [0, 0.05) is 31.3 Å². The van der Waals surface area contributed by atoms with E-state index in [1.165, 1.54) is 0 Å². The summed E-state index contributed by atoms with van der Waals surface area (Å²) >= 11 is 0. The van der Waals surface area contributed by atoms with Crippen LogP contribution in [0.3, 0.4) is 0 Å². The van der Waals surface area contributed by atoms with Gasteiger partial charge in [0.05, 0.1) is 6.54 Å². The maximum Gasteiger partial charge on any atom is 0.141 e. The maximum absolute atomic E-state index is 4.12. The van der Waals surface area contributed by atoms with Crippen LogP contribution in [0.15, 0.2) is 43.0 Å². The molecule has 0 bridgehead atoms. The Labute approximate surface area is 88.4 Å². The summed E-state index contributed by atoms with van der Waals surface area (Å²) in [7, 11) is 0. The summed E-state index contributed by atoms with van der Waals surface area (Å²) < 4.78 is 0. The molecule has 0 amide bonds. The fraction of sp³-hybridized carbons (Fsp3) is 0.182. The third kappa shape index (κ3) is 3.11. The predicted molar refractivity (Wildman–Crippen MR) is 56.8 cm³/mol. The summed E-state index contributed by atoms with van der Waals surface area (Å²) in [5, 5.41) is 3.25. The lowest BCUT2D eigenvalue weighted by molar-refractivity contribution is 0.661. The lowest BCUT2D eigenvalue weighted by atomic mass is 10.3. The van der Waals surface area contributed by atoms with Crippen molar-refractivity contribution in [1.82, 2.24) is 20.3 Å². The Morgan fingerprint density at radius 2 is 1.87 bits per heavy atom. The first-order valence-corrected chi connectivity index (χ1v) is 4.80. The second-order valence-electron chi connectivity index (χ2n) is 3.13. The van der Waals surface area contributed by atoms with Gasteiger partial charge in [-0.3, -0.25) is 4.98 Å². The average molecular weight is 200 g/mol. The summed E-state index contributed by atoms with van der Waals surface area (Å²) in [6.45, 7) is 1.46. The Morgan fingerprint density at radius 1 is 1.00 bits per heavy atom. The van der Waals surface area contributed by atoms with Gasteiger partial charge in [-0.2, -0.15) is 0 Å². The molecule has 2 aromatic heterocycles. The van der Waals surface area contributed by atoms with E-state index >= 15 is 0 Å². The van der Waals surface area contributed by atoms with Crippen LogP contribution in [0.2, 0.25) is 0 Å². The predicted octanol–water partition coefficient (Wildman–Crippen LogP) is 1.16. The van der Waals surface area contributed by atoms with Crippen molar-refractivity contribution in [3.8, 4) is 0 Å². The first-order chi connectivity index (χ1) is 7.45. The van der Waals surface area contributed by atoms with Crippen molar-refractivity contribution in [3.63, 3.8) is 0 Å². The van der Waals surface area contributed by atoms with Crippen molar-refractivity contribution in [2.24, 2.45) is 0 Å². The minimum absolute atomic E-state index is 0.676. The molecule has 0 aromatic carbocycles. The molecule has 0 fully saturated rings. The summed E-state index contributed by atoms with van der Waals surface area (Å²) in [6, 6.07) is 5.77. The van der Waals surface area contributed by atoms with E-state index in [0.717, 1.165) is 17.9 Å². The maximum atomic E-state index is 4.12. The molecule has 4 heteroatoms. The smallest absolute Gasteiger partial charge is 0.141 e. The van der Waals surface area contributed by atoms with Gasteiger partial charge < -0.3 is 5.32 Å². The molecule has 0 saturated heterocycles. The monoisotopic (exact) mass is 200 g/mol. The van der Waals surface area contributed by atoms with Crippen molar-refractivity contribution in [2.75, 3.05) is 0 Å². The van der Waals surface area contributed by atoms with E-state index in [1.54, 1.807) is 18.6 Å². The van der Waals surface area contributed by atoms with Gasteiger partial charge in [0.15, 0.2) is 0 Å². The lowest BCUT2D eigenvalue weighted by Crippen LogP contribution is -2.14. The van der Waals surface area contributed by atoms with Crippen molar-refractivity contribution in [1.29, 1.82) is 0 Å². The number of aromatic nitrogens is 3. The molecule has 0 unspecified atom stereocenters. The van der Waals surface area contributed by atoms with Crippen LogP contribution in [0.4, 0.5) is 0 Å². The third-order valence-corrected chi connectivity index (χ3v) is 1.95. The fourth-order valence-electron chi connectivity index (χ4n) is 1.24. The van der Waals surface area contributed by atoms with Crippen LogP contribution in [0.5, 0.6) is 0 Å². The normalized spacial score (nSPS) is 10.1. The van der Waals surface area contributed by atoms with E-state index in [-0.39, 0.29) is 0 Å². The Balaban J connectivity index is 1.81. The summed E-state index contributed by atoms with van der Waals surface area (Å²) in [4.78, 5) is 12.3. The molecule has 0 aliphatic carbocycles.